The van der Waals surface area contributed by atoms with Crippen molar-refractivity contribution in [1.29, 1.82) is 0 Å². The largest absolute Gasteiger partial charge is 0.350 e. The average Bonchev–Trinajstić information content (AvgIpc) is 3.33. The third kappa shape index (κ3) is 8.46. The second kappa shape index (κ2) is 13.9. The van der Waals surface area contributed by atoms with Crippen LogP contribution in [0.25, 0.3) is 0 Å². The Morgan fingerprint density at radius 1 is 1.22 bits per heavy atom. The number of thioether (sulfide) groups is 2. The Balaban J connectivity index is 0.00000363. The first-order valence-electron chi connectivity index (χ1n) is 10.8. The molecule has 178 valence electrons. The van der Waals surface area contributed by atoms with Gasteiger partial charge in [-0.25, -0.2) is 0 Å². The number of rotatable bonds is 10. The van der Waals surface area contributed by atoms with Gasteiger partial charge in [-0.05, 0) is 30.1 Å². The smallest absolute Gasteiger partial charge is 0.269 e. The summed E-state index contributed by atoms with van der Waals surface area (Å²) in [6.07, 6.45) is 6.38. The highest BCUT2D eigenvalue weighted by atomic mass is 35.5. The number of nitrogens with one attached hydrogen (secondary N) is 3. The number of hydrogen-bond donors (Lipinski definition) is 3. The van der Waals surface area contributed by atoms with Crippen molar-refractivity contribution in [2.75, 3.05) is 23.8 Å². The lowest BCUT2D eigenvalue weighted by atomic mass is 9.91. The van der Waals surface area contributed by atoms with Gasteiger partial charge in [-0.2, -0.15) is 11.8 Å². The molecular formula is C21H31ClN4O4S2. The topological polar surface area (TPSA) is 113 Å². The van der Waals surface area contributed by atoms with Crippen LogP contribution in [0.5, 0.6) is 0 Å². The van der Waals surface area contributed by atoms with E-state index in [0.717, 1.165) is 23.6 Å². The van der Waals surface area contributed by atoms with E-state index >= 15 is 0 Å². The molecule has 8 nitrogen and oxygen atoms in total. The summed E-state index contributed by atoms with van der Waals surface area (Å²) < 4.78 is 0. The van der Waals surface area contributed by atoms with Crippen molar-refractivity contribution in [2.45, 2.75) is 50.1 Å². The van der Waals surface area contributed by atoms with E-state index in [2.05, 4.69) is 16.0 Å². The van der Waals surface area contributed by atoms with Crippen LogP contribution in [0.4, 0.5) is 5.69 Å². The standard InChI is InChI=1S/C21H30N4O4S2.ClH/c26-19(23-12-15-6-8-17(9-7-15)25(28)29)18(24-20(27)21-22-10-11-31-21)14-30-13-16-4-2-1-3-5-16;/h6-9,16,18,21-22H,1-5,10-14H2,(H,23,26)(H,24,27);1H/t18-,21?;/m0./s1. The van der Waals surface area contributed by atoms with Crippen LogP contribution in [0, 0.1) is 16.0 Å². The molecule has 2 amide bonds. The SMILES string of the molecule is Cl.O=C(N[C@@H](CSCC1CCCCC1)C(=O)NCc1ccc([N+](=O)[O-])cc1)C1NCCS1. The van der Waals surface area contributed by atoms with Gasteiger partial charge in [0, 0.05) is 36.7 Å². The van der Waals surface area contributed by atoms with Crippen molar-refractivity contribution in [2.24, 2.45) is 5.92 Å². The summed E-state index contributed by atoms with van der Waals surface area (Å²) >= 11 is 3.28. The van der Waals surface area contributed by atoms with Gasteiger partial charge in [0.25, 0.3) is 5.69 Å². The highest BCUT2D eigenvalue weighted by Gasteiger charge is 2.28. The van der Waals surface area contributed by atoms with Crippen LogP contribution in [0.2, 0.25) is 0 Å². The van der Waals surface area contributed by atoms with Crippen molar-refractivity contribution in [3.63, 3.8) is 0 Å². The molecule has 3 N–H and O–H groups in total. The number of nitrogens with zero attached hydrogens (tertiary/aromatic N) is 1. The summed E-state index contributed by atoms with van der Waals surface area (Å²) in [6, 6.07) is 5.49. The molecule has 1 aliphatic carbocycles. The van der Waals surface area contributed by atoms with Crippen LogP contribution in [-0.4, -0.2) is 52.0 Å². The minimum atomic E-state index is -0.609. The lowest BCUT2D eigenvalue weighted by molar-refractivity contribution is -0.384. The molecule has 1 unspecified atom stereocenters. The van der Waals surface area contributed by atoms with E-state index < -0.39 is 11.0 Å². The second-order valence-corrected chi connectivity index (χ2v) is 10.2. The fourth-order valence-corrected chi connectivity index (χ4v) is 5.98. The van der Waals surface area contributed by atoms with Gasteiger partial charge in [-0.15, -0.1) is 24.2 Å². The normalized spacial score (nSPS) is 19.6. The predicted octanol–water partition coefficient (Wildman–Crippen LogP) is 3.09. The summed E-state index contributed by atoms with van der Waals surface area (Å²) in [7, 11) is 0. The van der Waals surface area contributed by atoms with Gasteiger partial charge in [0.1, 0.15) is 11.4 Å². The maximum absolute atomic E-state index is 12.8. The van der Waals surface area contributed by atoms with E-state index in [0.29, 0.717) is 11.7 Å². The number of hydrogen-bond acceptors (Lipinski definition) is 7. The van der Waals surface area contributed by atoms with Crippen LogP contribution in [0.15, 0.2) is 24.3 Å². The number of carbonyl (C=O) groups is 2. The van der Waals surface area contributed by atoms with E-state index in [1.807, 2.05) is 0 Å². The number of halogens is 1. The zero-order valence-electron chi connectivity index (χ0n) is 17.9. The molecule has 0 radical (unpaired) electrons. The van der Waals surface area contributed by atoms with Crippen LogP contribution in [-0.2, 0) is 16.1 Å². The number of benzene rings is 1. The second-order valence-electron chi connectivity index (χ2n) is 7.95. The lowest BCUT2D eigenvalue weighted by Crippen LogP contribution is -2.52. The van der Waals surface area contributed by atoms with Crippen molar-refractivity contribution in [3.8, 4) is 0 Å². The monoisotopic (exact) mass is 502 g/mol. The van der Waals surface area contributed by atoms with E-state index in [9.17, 15) is 19.7 Å². The van der Waals surface area contributed by atoms with E-state index in [1.165, 1.54) is 44.2 Å². The van der Waals surface area contributed by atoms with Gasteiger partial charge in [0.2, 0.25) is 11.8 Å². The molecule has 0 aromatic heterocycles. The van der Waals surface area contributed by atoms with Crippen LogP contribution in [0.1, 0.15) is 37.7 Å². The van der Waals surface area contributed by atoms with E-state index in [1.54, 1.807) is 35.7 Å². The molecule has 1 saturated heterocycles. The van der Waals surface area contributed by atoms with Gasteiger partial charge < -0.3 is 10.6 Å². The summed E-state index contributed by atoms with van der Waals surface area (Å²) in [5, 5.41) is 19.4. The first-order chi connectivity index (χ1) is 15.0. The Labute approximate surface area is 203 Å². The maximum atomic E-state index is 12.8. The molecule has 32 heavy (non-hydrogen) atoms. The zero-order valence-corrected chi connectivity index (χ0v) is 20.4. The summed E-state index contributed by atoms with van der Waals surface area (Å²) in [4.78, 5) is 35.7. The molecule has 3 rings (SSSR count). The average molecular weight is 503 g/mol. The van der Waals surface area contributed by atoms with Gasteiger partial charge in [0.05, 0.1) is 4.92 Å². The van der Waals surface area contributed by atoms with Gasteiger partial charge in [-0.1, -0.05) is 31.4 Å². The highest BCUT2D eigenvalue weighted by molar-refractivity contribution is 8.00. The minimum Gasteiger partial charge on any atom is -0.350 e. The minimum absolute atomic E-state index is 0. The molecule has 1 aromatic carbocycles. The molecule has 0 bridgehead atoms. The Bertz CT molecular complexity index is 757. The fourth-order valence-electron chi connectivity index (χ4n) is 3.78. The van der Waals surface area contributed by atoms with Gasteiger partial charge in [-0.3, -0.25) is 25.0 Å². The zero-order chi connectivity index (χ0) is 22.1. The maximum Gasteiger partial charge on any atom is 0.269 e. The molecule has 1 aliphatic heterocycles. The van der Waals surface area contributed by atoms with Crippen LogP contribution < -0.4 is 16.0 Å². The molecule has 1 aromatic rings. The van der Waals surface area contributed by atoms with Crippen molar-refractivity contribution in [1.82, 2.24) is 16.0 Å². The molecule has 2 fully saturated rings. The van der Waals surface area contributed by atoms with Crippen molar-refractivity contribution < 1.29 is 14.5 Å². The number of non-ortho nitro benzene ring substituents is 1. The molecule has 1 heterocycles. The molecule has 1 saturated carbocycles. The lowest BCUT2D eigenvalue weighted by Gasteiger charge is -2.23. The fraction of sp³-hybridized carbons (Fsp3) is 0.619. The Morgan fingerprint density at radius 2 is 1.94 bits per heavy atom. The van der Waals surface area contributed by atoms with Crippen LogP contribution >= 0.6 is 35.9 Å². The van der Waals surface area contributed by atoms with E-state index in [-0.39, 0.29) is 41.8 Å². The Hall–Kier alpha value is -1.49. The summed E-state index contributed by atoms with van der Waals surface area (Å²) in [6.45, 7) is 1.04. The number of nitro benzene ring substituents is 1. The summed E-state index contributed by atoms with van der Waals surface area (Å²) in [5.41, 5.74) is 0.785. The van der Waals surface area contributed by atoms with Gasteiger partial charge in [0.15, 0.2) is 0 Å². The van der Waals surface area contributed by atoms with Crippen molar-refractivity contribution in [3.05, 3.63) is 39.9 Å². The summed E-state index contributed by atoms with van der Waals surface area (Å²) in [5.74, 6) is 2.74. The number of amides is 2. The third-order valence-corrected chi connectivity index (χ3v) is 7.99. The van der Waals surface area contributed by atoms with Gasteiger partial charge >= 0.3 is 0 Å². The highest BCUT2D eigenvalue weighted by Crippen LogP contribution is 2.27. The first-order valence-corrected chi connectivity index (χ1v) is 13.0. The first kappa shape index (κ1) is 26.8. The molecular weight excluding hydrogens is 472 g/mol. The number of nitro groups is 1. The third-order valence-electron chi connectivity index (χ3n) is 5.56. The Kier molecular flexibility index (Phi) is 11.6. The molecule has 11 heteroatoms. The molecule has 2 aliphatic rings. The quantitative estimate of drug-likeness (QED) is 0.333. The van der Waals surface area contributed by atoms with Crippen molar-refractivity contribution >= 4 is 53.4 Å². The molecule has 0 spiro atoms. The number of carbonyl (C=O) groups excluding carboxylic acids is 2. The molecule has 2 atom stereocenters. The Morgan fingerprint density at radius 3 is 2.56 bits per heavy atom. The predicted molar refractivity (Wildman–Crippen MR) is 132 cm³/mol. The van der Waals surface area contributed by atoms with E-state index in [4.69, 9.17) is 0 Å². The van der Waals surface area contributed by atoms with Crippen LogP contribution in [0.3, 0.4) is 0 Å².